The lowest BCUT2D eigenvalue weighted by Crippen LogP contribution is -2.46. The van der Waals surface area contributed by atoms with Gasteiger partial charge in [-0.3, -0.25) is 4.79 Å². The number of guanidine groups is 1. The van der Waals surface area contributed by atoms with Crippen molar-refractivity contribution in [3.63, 3.8) is 0 Å². The van der Waals surface area contributed by atoms with Crippen molar-refractivity contribution in [2.75, 3.05) is 32.7 Å². The summed E-state index contributed by atoms with van der Waals surface area (Å²) in [6.45, 7) is 2.56. The van der Waals surface area contributed by atoms with Crippen molar-refractivity contribution in [1.29, 1.82) is 0 Å². The Hall–Kier alpha value is -2.40. The van der Waals surface area contributed by atoms with Crippen LogP contribution in [0.15, 0.2) is 74.1 Å². The van der Waals surface area contributed by atoms with Crippen LogP contribution in [0.1, 0.15) is 13.3 Å². The summed E-state index contributed by atoms with van der Waals surface area (Å²) in [7, 11) is 3.07. The van der Waals surface area contributed by atoms with E-state index in [1.165, 1.54) is 13.3 Å². The second-order valence-corrected chi connectivity index (χ2v) is 8.86. The van der Waals surface area contributed by atoms with Crippen LogP contribution in [-0.4, -0.2) is 49.8 Å². The number of carbonyl (C=O) groups is 1. The van der Waals surface area contributed by atoms with E-state index in [1.807, 2.05) is 36.4 Å². The van der Waals surface area contributed by atoms with Gasteiger partial charge in [-0.25, -0.2) is 9.98 Å². The van der Waals surface area contributed by atoms with Crippen molar-refractivity contribution < 1.29 is 14.3 Å². The van der Waals surface area contributed by atoms with Gasteiger partial charge in [0, 0.05) is 49.0 Å². The first-order valence-electron chi connectivity index (χ1n) is 9.84. The van der Waals surface area contributed by atoms with E-state index in [0.717, 1.165) is 14.3 Å². The molecule has 0 saturated heterocycles. The number of nitrogens with two attached hydrogens (primary N) is 1. The van der Waals surface area contributed by atoms with Gasteiger partial charge >= 0.3 is 0 Å². The molecule has 172 valence electrons. The first-order valence-corrected chi connectivity index (χ1v) is 11.4. The molecule has 0 radical (unpaired) electrons. The third kappa shape index (κ3) is 8.27. The fourth-order valence-electron chi connectivity index (χ4n) is 2.49. The second kappa shape index (κ2) is 13.2. The van der Waals surface area contributed by atoms with Crippen molar-refractivity contribution in [1.82, 2.24) is 10.3 Å². The highest BCUT2D eigenvalue weighted by Crippen LogP contribution is 2.33. The Bertz CT molecular complexity index is 942. The van der Waals surface area contributed by atoms with Crippen LogP contribution in [0.2, 0.25) is 0 Å². The van der Waals surface area contributed by atoms with Crippen LogP contribution < -0.4 is 16.4 Å². The molecule has 1 unspecified atom stereocenters. The number of halogens is 1. The Kier molecular flexibility index (Phi) is 10.7. The van der Waals surface area contributed by atoms with E-state index < -0.39 is 5.60 Å². The predicted molar refractivity (Wildman–Crippen MR) is 132 cm³/mol. The molecule has 4 N–H and O–H groups in total. The summed E-state index contributed by atoms with van der Waals surface area (Å²) in [5.41, 5.74) is 5.01. The van der Waals surface area contributed by atoms with Gasteiger partial charge in [-0.2, -0.15) is 0 Å². The molecule has 2 rings (SSSR count). The minimum Gasteiger partial charge on any atom is -0.383 e. The quantitative estimate of drug-likeness (QED) is 0.234. The molecule has 2 aromatic rings. The number of nitrogens with one attached hydrogen (secondary N) is 2. The molecule has 1 amide bonds. The van der Waals surface area contributed by atoms with Crippen molar-refractivity contribution in [2.24, 2.45) is 10.7 Å². The zero-order valence-electron chi connectivity index (χ0n) is 18.3. The number of hydrogen-bond acceptors (Lipinski definition) is 6. The number of pyridine rings is 1. The summed E-state index contributed by atoms with van der Waals surface area (Å²) in [6, 6.07) is 11.9. The van der Waals surface area contributed by atoms with Gasteiger partial charge in [-0.1, -0.05) is 36.0 Å². The maximum atomic E-state index is 12.3. The molecule has 32 heavy (non-hydrogen) atoms. The summed E-state index contributed by atoms with van der Waals surface area (Å²) in [5, 5.41) is 5.80. The molecule has 1 aromatic heterocycles. The number of hydrogen-bond donors (Lipinski definition) is 3. The zero-order chi connectivity index (χ0) is 23.4. The van der Waals surface area contributed by atoms with Gasteiger partial charge < -0.3 is 25.8 Å². The summed E-state index contributed by atoms with van der Waals surface area (Å²) in [5.74, 6) is 0.545. The number of methoxy groups -OCH3 is 2. The zero-order valence-corrected chi connectivity index (χ0v) is 20.7. The fourth-order valence-corrected chi connectivity index (χ4v) is 3.91. The van der Waals surface area contributed by atoms with E-state index in [9.17, 15) is 4.79 Å². The van der Waals surface area contributed by atoms with Gasteiger partial charge in [0.15, 0.2) is 5.96 Å². The smallest absolute Gasteiger partial charge is 0.252 e. The molecule has 1 aromatic carbocycles. The van der Waals surface area contributed by atoms with Crippen LogP contribution in [-0.2, 0) is 14.3 Å². The van der Waals surface area contributed by atoms with Gasteiger partial charge in [0.05, 0.1) is 11.5 Å². The number of carbonyl (C=O) groups excluding carboxylic acids is 1. The molecule has 0 aliphatic heterocycles. The van der Waals surface area contributed by atoms with Crippen LogP contribution in [0.5, 0.6) is 0 Å². The van der Waals surface area contributed by atoms with E-state index in [0.29, 0.717) is 25.4 Å². The molecule has 1 heterocycles. The van der Waals surface area contributed by atoms with E-state index in [-0.39, 0.29) is 11.9 Å². The van der Waals surface area contributed by atoms with Crippen molar-refractivity contribution in [3.8, 4) is 0 Å². The number of amides is 1. The Morgan fingerprint density at radius 3 is 2.78 bits per heavy atom. The lowest BCUT2D eigenvalue weighted by molar-refractivity contribution is -0.141. The molecule has 0 aliphatic rings. The molecule has 0 fully saturated rings. The van der Waals surface area contributed by atoms with E-state index in [4.69, 9.17) is 15.2 Å². The monoisotopic (exact) mass is 521 g/mol. The lowest BCUT2D eigenvalue weighted by atomic mass is 10.0. The number of aromatic nitrogens is 1. The average molecular weight is 522 g/mol. The summed E-state index contributed by atoms with van der Waals surface area (Å²) in [4.78, 5) is 22.9. The molecule has 0 bridgehead atoms. The molecule has 10 heteroatoms. The first kappa shape index (κ1) is 25.9. The van der Waals surface area contributed by atoms with E-state index in [2.05, 4.69) is 36.5 Å². The third-order valence-corrected chi connectivity index (χ3v) is 5.86. The Morgan fingerprint density at radius 1 is 1.34 bits per heavy atom. The third-order valence-electron chi connectivity index (χ3n) is 4.39. The SMILES string of the molecule is COCCNC(=O)C(C)(C/C=C/N=C(N)Nc1ncc(Br)cc1Sc1ccccc1)OC. The number of benzene rings is 1. The minimum absolute atomic E-state index is 0.176. The van der Waals surface area contributed by atoms with Crippen LogP contribution in [0, 0.1) is 0 Å². The normalized spacial score (nSPS) is 13.7. The van der Waals surface area contributed by atoms with Gasteiger partial charge in [0.2, 0.25) is 0 Å². The highest BCUT2D eigenvalue weighted by atomic mass is 79.9. The second-order valence-electron chi connectivity index (χ2n) is 6.83. The number of aliphatic imine (C=N–C) groups is 1. The standard InChI is InChI=1S/C22H28BrN5O3S/c1-22(31-3,20(29)25-12-13-30-2)10-7-11-26-21(24)28-19-18(14-16(23)15-27-19)32-17-8-5-4-6-9-17/h4-9,11,14-15H,10,12-13H2,1-3H3,(H,25,29)(H3,24,26,27,28)/b11-7+. The van der Waals surface area contributed by atoms with E-state index >= 15 is 0 Å². The number of rotatable bonds is 11. The van der Waals surface area contributed by atoms with Gasteiger partial charge in [-0.15, -0.1) is 0 Å². The summed E-state index contributed by atoms with van der Waals surface area (Å²) in [6.07, 6.45) is 5.27. The number of ether oxygens (including phenoxy) is 2. The van der Waals surface area contributed by atoms with Crippen LogP contribution in [0.25, 0.3) is 0 Å². The van der Waals surface area contributed by atoms with Crippen LogP contribution in [0.3, 0.4) is 0 Å². The number of anilines is 1. The Morgan fingerprint density at radius 2 is 2.09 bits per heavy atom. The topological polar surface area (TPSA) is 111 Å². The summed E-state index contributed by atoms with van der Waals surface area (Å²) >= 11 is 5.02. The highest BCUT2D eigenvalue weighted by molar-refractivity contribution is 9.10. The Balaban J connectivity index is 2.01. The Labute approximate surface area is 201 Å². The van der Waals surface area contributed by atoms with Crippen molar-refractivity contribution >= 4 is 45.4 Å². The van der Waals surface area contributed by atoms with E-state index in [1.54, 1.807) is 38.1 Å². The predicted octanol–water partition coefficient (Wildman–Crippen LogP) is 3.79. The minimum atomic E-state index is -1.02. The number of nitrogens with zero attached hydrogens (tertiary/aromatic N) is 2. The molecule has 8 nitrogen and oxygen atoms in total. The molecular weight excluding hydrogens is 494 g/mol. The summed E-state index contributed by atoms with van der Waals surface area (Å²) < 4.78 is 11.2. The largest absolute Gasteiger partial charge is 0.383 e. The van der Waals surface area contributed by atoms with Crippen molar-refractivity contribution in [2.45, 2.75) is 28.7 Å². The fraction of sp³-hybridized carbons (Fsp3) is 0.318. The van der Waals surface area contributed by atoms with Crippen LogP contribution in [0.4, 0.5) is 5.82 Å². The van der Waals surface area contributed by atoms with Gasteiger partial charge in [-0.05, 0) is 41.1 Å². The molecule has 1 atom stereocenters. The molecule has 0 aliphatic carbocycles. The maximum absolute atomic E-state index is 12.3. The van der Waals surface area contributed by atoms with Gasteiger partial charge in [0.1, 0.15) is 11.4 Å². The molecule has 0 saturated carbocycles. The molecule has 0 spiro atoms. The van der Waals surface area contributed by atoms with Crippen LogP contribution >= 0.6 is 27.7 Å². The first-order chi connectivity index (χ1) is 15.4. The molecular formula is C22H28BrN5O3S. The lowest BCUT2D eigenvalue weighted by Gasteiger charge is -2.25. The average Bonchev–Trinajstić information content (AvgIpc) is 2.79. The highest BCUT2D eigenvalue weighted by Gasteiger charge is 2.31. The maximum Gasteiger partial charge on any atom is 0.252 e. The van der Waals surface area contributed by atoms with Crippen molar-refractivity contribution in [3.05, 3.63) is 59.3 Å². The van der Waals surface area contributed by atoms with Gasteiger partial charge in [0.25, 0.3) is 5.91 Å².